The Morgan fingerprint density at radius 1 is 1.53 bits per heavy atom. The SMILES string of the molecule is CCC(C(N)=S)S(=O)(=O)Nc1cccc(COC)c1. The van der Waals surface area contributed by atoms with E-state index in [1.807, 2.05) is 6.07 Å². The lowest BCUT2D eigenvalue weighted by Gasteiger charge is -2.16. The highest BCUT2D eigenvalue weighted by Gasteiger charge is 2.26. The molecule has 0 aliphatic rings. The van der Waals surface area contributed by atoms with Crippen LogP contribution in [0, 0.1) is 0 Å². The van der Waals surface area contributed by atoms with Crippen LogP contribution in [0.3, 0.4) is 0 Å². The van der Waals surface area contributed by atoms with E-state index >= 15 is 0 Å². The first kappa shape index (κ1) is 15.9. The van der Waals surface area contributed by atoms with Crippen molar-refractivity contribution in [3.63, 3.8) is 0 Å². The quantitative estimate of drug-likeness (QED) is 0.748. The van der Waals surface area contributed by atoms with Crippen molar-refractivity contribution < 1.29 is 13.2 Å². The van der Waals surface area contributed by atoms with Gasteiger partial charge in [0.25, 0.3) is 0 Å². The molecule has 1 aromatic rings. The first-order valence-corrected chi connectivity index (χ1v) is 7.75. The standard InChI is InChI=1S/C12H18N2O3S2/c1-3-11(12(13)18)19(15,16)14-10-6-4-5-9(7-10)8-17-2/h4-7,11,14H,3,8H2,1-2H3,(H2,13,18). The molecule has 19 heavy (non-hydrogen) atoms. The molecule has 0 aliphatic heterocycles. The molecule has 1 unspecified atom stereocenters. The highest BCUT2D eigenvalue weighted by atomic mass is 32.2. The lowest BCUT2D eigenvalue weighted by molar-refractivity contribution is 0.185. The van der Waals surface area contributed by atoms with Crippen LogP contribution in [-0.2, 0) is 21.4 Å². The van der Waals surface area contributed by atoms with Gasteiger partial charge in [0.1, 0.15) is 5.25 Å². The summed E-state index contributed by atoms with van der Waals surface area (Å²) in [5.74, 6) is 0. The number of hydrogen-bond acceptors (Lipinski definition) is 4. The molecule has 0 bridgehead atoms. The molecule has 0 radical (unpaired) electrons. The van der Waals surface area contributed by atoms with E-state index in [0.717, 1.165) is 5.56 Å². The molecule has 1 atom stereocenters. The van der Waals surface area contributed by atoms with E-state index in [1.165, 1.54) is 0 Å². The summed E-state index contributed by atoms with van der Waals surface area (Å²) >= 11 is 4.79. The van der Waals surface area contributed by atoms with Crippen molar-refractivity contribution in [2.75, 3.05) is 11.8 Å². The molecule has 0 spiro atoms. The van der Waals surface area contributed by atoms with Gasteiger partial charge in [0, 0.05) is 12.8 Å². The number of nitrogens with two attached hydrogens (primary N) is 1. The predicted molar refractivity (Wildman–Crippen MR) is 80.6 cm³/mol. The highest BCUT2D eigenvalue weighted by molar-refractivity contribution is 7.95. The average Bonchev–Trinajstić information content (AvgIpc) is 2.28. The zero-order chi connectivity index (χ0) is 14.5. The zero-order valence-electron chi connectivity index (χ0n) is 10.9. The molecular weight excluding hydrogens is 284 g/mol. The molecule has 7 heteroatoms. The van der Waals surface area contributed by atoms with Crippen LogP contribution in [0.2, 0.25) is 0 Å². The Morgan fingerprint density at radius 3 is 2.74 bits per heavy atom. The van der Waals surface area contributed by atoms with E-state index in [2.05, 4.69) is 4.72 Å². The molecule has 5 nitrogen and oxygen atoms in total. The van der Waals surface area contributed by atoms with Gasteiger partial charge in [0.2, 0.25) is 10.0 Å². The molecule has 0 saturated carbocycles. The number of nitrogens with one attached hydrogen (secondary N) is 1. The van der Waals surface area contributed by atoms with Gasteiger partial charge >= 0.3 is 0 Å². The summed E-state index contributed by atoms with van der Waals surface area (Å²) in [6.45, 7) is 2.15. The van der Waals surface area contributed by atoms with Gasteiger partial charge in [0.15, 0.2) is 0 Å². The Hall–Kier alpha value is -1.18. The lowest BCUT2D eigenvalue weighted by Crippen LogP contribution is -2.37. The maximum absolute atomic E-state index is 12.1. The number of sulfonamides is 1. The third-order valence-electron chi connectivity index (χ3n) is 2.56. The second-order valence-electron chi connectivity index (χ2n) is 4.08. The fraction of sp³-hybridized carbons (Fsp3) is 0.417. The van der Waals surface area contributed by atoms with Crippen molar-refractivity contribution in [3.05, 3.63) is 29.8 Å². The van der Waals surface area contributed by atoms with Crippen LogP contribution in [0.5, 0.6) is 0 Å². The molecule has 1 aromatic carbocycles. The molecule has 0 saturated heterocycles. The van der Waals surface area contributed by atoms with E-state index in [-0.39, 0.29) is 4.99 Å². The van der Waals surface area contributed by atoms with Gasteiger partial charge in [-0.15, -0.1) is 0 Å². The Balaban J connectivity index is 2.94. The van der Waals surface area contributed by atoms with E-state index < -0.39 is 15.3 Å². The van der Waals surface area contributed by atoms with Crippen LogP contribution in [0.15, 0.2) is 24.3 Å². The monoisotopic (exact) mass is 302 g/mol. The normalized spacial score (nSPS) is 12.9. The van der Waals surface area contributed by atoms with E-state index in [9.17, 15) is 8.42 Å². The van der Waals surface area contributed by atoms with E-state index in [0.29, 0.717) is 18.7 Å². The number of rotatable bonds is 7. The second kappa shape index (κ2) is 6.83. The van der Waals surface area contributed by atoms with Crippen LogP contribution in [-0.4, -0.2) is 25.8 Å². The van der Waals surface area contributed by atoms with Crippen molar-refractivity contribution in [2.24, 2.45) is 5.73 Å². The molecular formula is C12H18N2O3S2. The minimum absolute atomic E-state index is 0.0250. The highest BCUT2D eigenvalue weighted by Crippen LogP contribution is 2.16. The van der Waals surface area contributed by atoms with E-state index in [1.54, 1.807) is 32.2 Å². The van der Waals surface area contributed by atoms with Crippen molar-refractivity contribution in [3.8, 4) is 0 Å². The summed E-state index contributed by atoms with van der Waals surface area (Å²) in [4.78, 5) is -0.0250. The van der Waals surface area contributed by atoms with Crippen LogP contribution in [0.4, 0.5) is 5.69 Å². The van der Waals surface area contributed by atoms with Gasteiger partial charge in [-0.25, -0.2) is 8.42 Å². The lowest BCUT2D eigenvalue weighted by atomic mass is 10.2. The first-order chi connectivity index (χ1) is 8.90. The molecule has 1 rings (SSSR count). The summed E-state index contributed by atoms with van der Waals surface area (Å²) in [6, 6.07) is 7.00. The van der Waals surface area contributed by atoms with Gasteiger partial charge in [-0.3, -0.25) is 4.72 Å². The minimum Gasteiger partial charge on any atom is -0.392 e. The van der Waals surface area contributed by atoms with Crippen molar-refractivity contribution in [1.29, 1.82) is 0 Å². The van der Waals surface area contributed by atoms with E-state index in [4.69, 9.17) is 22.7 Å². The van der Waals surface area contributed by atoms with Gasteiger partial charge in [-0.2, -0.15) is 0 Å². The molecule has 0 amide bonds. The van der Waals surface area contributed by atoms with Crippen LogP contribution in [0.1, 0.15) is 18.9 Å². The third-order valence-corrected chi connectivity index (χ3v) is 4.85. The average molecular weight is 302 g/mol. The van der Waals surface area contributed by atoms with Gasteiger partial charge < -0.3 is 10.5 Å². The summed E-state index contributed by atoms with van der Waals surface area (Å²) in [6.07, 6.45) is 0.336. The predicted octanol–water partition coefficient (Wildman–Crippen LogP) is 1.64. The molecule has 0 fully saturated rings. The van der Waals surface area contributed by atoms with Crippen molar-refractivity contribution in [2.45, 2.75) is 25.2 Å². The molecule has 106 valence electrons. The summed E-state index contributed by atoms with van der Waals surface area (Å²) in [5, 5.41) is -0.867. The number of hydrogen-bond donors (Lipinski definition) is 2. The Morgan fingerprint density at radius 2 is 2.21 bits per heavy atom. The minimum atomic E-state index is -3.61. The largest absolute Gasteiger partial charge is 0.392 e. The number of methoxy groups -OCH3 is 1. The Kier molecular flexibility index (Phi) is 5.71. The Labute approximate surface area is 119 Å². The fourth-order valence-electron chi connectivity index (χ4n) is 1.70. The van der Waals surface area contributed by atoms with Gasteiger partial charge in [-0.1, -0.05) is 31.3 Å². The summed E-state index contributed by atoms with van der Waals surface area (Å²) < 4.78 is 31.8. The summed E-state index contributed by atoms with van der Waals surface area (Å²) in [7, 11) is -2.03. The molecule has 3 N–H and O–H groups in total. The maximum atomic E-state index is 12.1. The number of thiocarbonyl (C=S) groups is 1. The van der Waals surface area contributed by atoms with Crippen LogP contribution in [0.25, 0.3) is 0 Å². The number of anilines is 1. The topological polar surface area (TPSA) is 81.4 Å². The second-order valence-corrected chi connectivity index (χ2v) is 6.41. The number of benzene rings is 1. The summed E-state index contributed by atoms with van der Waals surface area (Å²) in [5.41, 5.74) is 6.81. The smallest absolute Gasteiger partial charge is 0.242 e. The van der Waals surface area contributed by atoms with Crippen LogP contribution < -0.4 is 10.5 Å². The van der Waals surface area contributed by atoms with Crippen LogP contribution >= 0.6 is 12.2 Å². The van der Waals surface area contributed by atoms with Crippen molar-refractivity contribution in [1.82, 2.24) is 0 Å². The molecule has 0 aromatic heterocycles. The third kappa shape index (κ3) is 4.45. The zero-order valence-corrected chi connectivity index (χ0v) is 12.6. The molecule has 0 aliphatic carbocycles. The number of ether oxygens (including phenoxy) is 1. The maximum Gasteiger partial charge on any atom is 0.242 e. The van der Waals surface area contributed by atoms with Crippen molar-refractivity contribution >= 4 is 32.9 Å². The van der Waals surface area contributed by atoms with Gasteiger partial charge in [0.05, 0.1) is 11.6 Å². The van der Waals surface area contributed by atoms with Gasteiger partial charge in [-0.05, 0) is 24.1 Å². The fourth-order valence-corrected chi connectivity index (χ4v) is 3.59. The Bertz CT molecular complexity index is 544. The molecule has 0 heterocycles. The first-order valence-electron chi connectivity index (χ1n) is 5.79.